The van der Waals surface area contributed by atoms with Gasteiger partial charge in [-0.2, -0.15) is 0 Å². The molecule has 0 heterocycles. The minimum atomic E-state index is 0. The van der Waals surface area contributed by atoms with E-state index in [4.69, 9.17) is 0 Å². The van der Waals surface area contributed by atoms with E-state index in [9.17, 15) is 0 Å². The van der Waals surface area contributed by atoms with Crippen LogP contribution in [0.3, 0.4) is 0 Å². The summed E-state index contributed by atoms with van der Waals surface area (Å²) in [5.41, 5.74) is 14.2. The number of rotatable bonds is 2. The van der Waals surface area contributed by atoms with E-state index in [1.54, 1.807) is 23.3 Å². The summed E-state index contributed by atoms with van der Waals surface area (Å²) in [5, 5.41) is 0. The van der Waals surface area contributed by atoms with Gasteiger partial charge in [0.1, 0.15) is 0 Å². The summed E-state index contributed by atoms with van der Waals surface area (Å²) in [5.74, 6) is 0. The molecule has 0 nitrogen and oxygen atoms in total. The van der Waals surface area contributed by atoms with Gasteiger partial charge in [-0.1, -0.05) is 120 Å². The molecule has 6 rings (SSSR count). The SMILES string of the molecule is CC1=Cc2c(cccc2-c2ccccc2)C1.CC1=Cc2c(cccc2-c2ccccc2)C1.C[Si](C)=[Zr+2].[Cl-].[Cl-]. The second kappa shape index (κ2) is 15.6. The van der Waals surface area contributed by atoms with Crippen molar-refractivity contribution in [1.29, 1.82) is 0 Å². The molecule has 0 unspecified atom stereocenters. The predicted molar refractivity (Wildman–Crippen MR) is 156 cm³/mol. The third-order valence-electron chi connectivity index (χ3n) is 6.28. The van der Waals surface area contributed by atoms with Gasteiger partial charge in [0.2, 0.25) is 0 Å². The van der Waals surface area contributed by atoms with Crippen molar-refractivity contribution in [1.82, 2.24) is 0 Å². The summed E-state index contributed by atoms with van der Waals surface area (Å²) in [6.45, 7) is 9.02. The van der Waals surface area contributed by atoms with Crippen molar-refractivity contribution in [2.45, 2.75) is 39.8 Å². The zero-order chi connectivity index (χ0) is 25.5. The molecule has 0 bridgehead atoms. The van der Waals surface area contributed by atoms with Crippen molar-refractivity contribution >= 4 is 17.6 Å². The standard InChI is InChI=1S/2C16H14.C2H6Si.2ClH.Zr/c2*1-12-10-14-8-5-9-15(16(14)11-12)13-6-3-2-4-7-13;1-3-2;;;/h2*2-9,11H,10H2,1H3;1-2H3;2*1H;/q;;;;;+2/p-2. The monoisotopic (exact) mass is 630 g/mol. The van der Waals surface area contributed by atoms with Gasteiger partial charge in [-0.25, -0.2) is 0 Å². The van der Waals surface area contributed by atoms with Crippen LogP contribution in [-0.4, -0.2) is 5.43 Å². The summed E-state index contributed by atoms with van der Waals surface area (Å²) in [4.78, 5) is 0. The van der Waals surface area contributed by atoms with Crippen molar-refractivity contribution in [3.05, 3.63) is 130 Å². The largest absolute Gasteiger partial charge is 1.00 e. The normalized spacial score (nSPS) is 12.1. The van der Waals surface area contributed by atoms with Gasteiger partial charge < -0.3 is 24.8 Å². The van der Waals surface area contributed by atoms with E-state index in [1.807, 2.05) is 0 Å². The fraction of sp³-hybridized carbons (Fsp3) is 0.176. The first-order chi connectivity index (χ1) is 17.4. The van der Waals surface area contributed by atoms with Crippen molar-refractivity contribution < 1.29 is 48.1 Å². The summed E-state index contributed by atoms with van der Waals surface area (Å²) in [6, 6.07) is 34.4. The van der Waals surface area contributed by atoms with E-state index >= 15 is 0 Å². The molecule has 0 N–H and O–H groups in total. The molecule has 0 atom stereocenters. The molecule has 4 aromatic carbocycles. The first-order valence-electron chi connectivity index (χ1n) is 12.6. The molecule has 38 heavy (non-hydrogen) atoms. The number of hydrogen-bond donors (Lipinski definition) is 0. The number of benzene rings is 4. The Kier molecular flexibility index (Phi) is 13.2. The Bertz CT molecular complexity index is 1310. The van der Waals surface area contributed by atoms with E-state index in [0.717, 1.165) is 12.8 Å². The van der Waals surface area contributed by atoms with Crippen molar-refractivity contribution in [2.24, 2.45) is 0 Å². The second-order valence-corrected chi connectivity index (χ2v) is 19.2. The van der Waals surface area contributed by atoms with E-state index in [1.165, 1.54) is 55.7 Å². The van der Waals surface area contributed by atoms with Crippen molar-refractivity contribution in [2.75, 3.05) is 0 Å². The summed E-state index contributed by atoms with van der Waals surface area (Å²) >= 11 is 1.74. The van der Waals surface area contributed by atoms with E-state index in [0.29, 0.717) is 0 Å². The third-order valence-corrected chi connectivity index (χ3v) is 6.28. The first-order valence-corrected chi connectivity index (χ1v) is 18.8. The van der Waals surface area contributed by atoms with Crippen LogP contribution in [0.25, 0.3) is 34.4 Å². The molecular formula is C34H34Cl2SiZr. The smallest absolute Gasteiger partial charge is 1.00 e. The maximum Gasteiger partial charge on any atom is -1.00 e. The van der Waals surface area contributed by atoms with Crippen LogP contribution in [0.4, 0.5) is 0 Å². The van der Waals surface area contributed by atoms with Gasteiger partial charge in [0.25, 0.3) is 0 Å². The summed E-state index contributed by atoms with van der Waals surface area (Å²) in [7, 11) is 0. The van der Waals surface area contributed by atoms with Gasteiger partial charge in [-0.3, -0.25) is 0 Å². The molecular weight excluding hydrogens is 599 g/mol. The Morgan fingerprint density at radius 2 is 0.868 bits per heavy atom. The molecule has 0 aliphatic heterocycles. The molecule has 0 saturated heterocycles. The Morgan fingerprint density at radius 1 is 0.526 bits per heavy atom. The summed E-state index contributed by atoms with van der Waals surface area (Å²) in [6.07, 6.45) is 6.85. The zero-order valence-corrected chi connectivity index (χ0v) is 27.5. The fourth-order valence-corrected chi connectivity index (χ4v) is 4.81. The van der Waals surface area contributed by atoms with Crippen LogP contribution < -0.4 is 24.8 Å². The molecule has 2 aliphatic carbocycles. The number of hydrogen-bond acceptors (Lipinski definition) is 0. The molecule has 4 aromatic rings. The maximum absolute atomic E-state index is 2.32. The predicted octanol–water partition coefficient (Wildman–Crippen LogP) is 3.42. The number of halogens is 2. The molecule has 0 saturated carbocycles. The Morgan fingerprint density at radius 3 is 1.21 bits per heavy atom. The molecule has 0 aromatic heterocycles. The average molecular weight is 633 g/mol. The molecule has 0 radical (unpaired) electrons. The van der Waals surface area contributed by atoms with Crippen molar-refractivity contribution in [3.63, 3.8) is 0 Å². The second-order valence-electron chi connectivity index (χ2n) is 9.82. The van der Waals surface area contributed by atoms with Gasteiger partial charge in [-0.05, 0) is 71.2 Å². The van der Waals surface area contributed by atoms with E-state index < -0.39 is 0 Å². The first kappa shape index (κ1) is 32.3. The zero-order valence-electron chi connectivity index (χ0n) is 22.6. The van der Waals surface area contributed by atoms with E-state index in [-0.39, 0.29) is 30.2 Å². The summed E-state index contributed by atoms with van der Waals surface area (Å²) < 4.78 is 0. The van der Waals surface area contributed by atoms with Gasteiger partial charge in [0.05, 0.1) is 0 Å². The minimum Gasteiger partial charge on any atom is -1.00 e. The van der Waals surface area contributed by atoms with Crippen LogP contribution in [0, 0.1) is 0 Å². The third kappa shape index (κ3) is 8.52. The molecule has 0 amide bonds. The maximum atomic E-state index is 2.32. The topological polar surface area (TPSA) is 0 Å². The van der Waals surface area contributed by atoms with Gasteiger partial charge in [-0.15, -0.1) is 0 Å². The molecule has 192 valence electrons. The molecule has 2 aliphatic rings. The van der Waals surface area contributed by atoms with Crippen LogP contribution in [0.1, 0.15) is 36.1 Å². The minimum absolute atomic E-state index is 0. The Labute approximate surface area is 256 Å². The van der Waals surface area contributed by atoms with Gasteiger partial charge >= 0.3 is 41.9 Å². The van der Waals surface area contributed by atoms with E-state index in [2.05, 4.69) is 136 Å². The van der Waals surface area contributed by atoms with Crippen molar-refractivity contribution in [3.8, 4) is 22.3 Å². The molecule has 0 spiro atoms. The Hall–Kier alpha value is -1.96. The van der Waals surface area contributed by atoms with Gasteiger partial charge in [0.15, 0.2) is 0 Å². The molecule has 0 fully saturated rings. The number of fused-ring (bicyclic) bond motifs is 2. The van der Waals surface area contributed by atoms with Crippen LogP contribution in [-0.2, 0) is 36.2 Å². The van der Waals surface area contributed by atoms with Crippen LogP contribution in [0.2, 0.25) is 13.1 Å². The fourth-order valence-electron chi connectivity index (χ4n) is 4.81. The Balaban J connectivity index is 0.000000224. The van der Waals surface area contributed by atoms with Gasteiger partial charge in [0, 0.05) is 0 Å². The average Bonchev–Trinajstić information content (AvgIpc) is 3.45. The van der Waals surface area contributed by atoms with Crippen LogP contribution in [0.5, 0.6) is 0 Å². The molecule has 4 heteroatoms. The quantitative estimate of drug-likeness (QED) is 0.298. The number of allylic oxidation sites excluding steroid dienone is 2. The van der Waals surface area contributed by atoms with Crippen LogP contribution in [0.15, 0.2) is 108 Å². The van der Waals surface area contributed by atoms with Crippen LogP contribution >= 0.6 is 0 Å².